The van der Waals surface area contributed by atoms with Crippen LogP contribution in [0.4, 0.5) is 4.79 Å². The first kappa shape index (κ1) is 11.8. The van der Waals surface area contributed by atoms with Crippen molar-refractivity contribution in [3.8, 4) is 0 Å². The summed E-state index contributed by atoms with van der Waals surface area (Å²) in [4.78, 5) is 36.2. The lowest BCUT2D eigenvalue weighted by molar-refractivity contribution is -0.137. The molecule has 0 aromatic carbocycles. The van der Waals surface area contributed by atoms with Gasteiger partial charge in [-0.3, -0.25) is 14.9 Å². The first-order valence-electron chi connectivity index (χ1n) is 5.62. The highest BCUT2D eigenvalue weighted by molar-refractivity contribution is 6.07. The van der Waals surface area contributed by atoms with Crippen LogP contribution >= 0.6 is 0 Å². The second-order valence-electron chi connectivity index (χ2n) is 4.64. The highest BCUT2D eigenvalue weighted by Crippen LogP contribution is 2.24. The number of hydrogen-bond acceptors (Lipinski definition) is 4. The lowest BCUT2D eigenvalue weighted by Crippen LogP contribution is -2.61. The summed E-state index contributed by atoms with van der Waals surface area (Å²) in [6.45, 7) is 2.38. The molecule has 0 aromatic rings. The highest BCUT2D eigenvalue weighted by atomic mass is 16.2. The molecule has 4 N–H and O–H groups in total. The van der Waals surface area contributed by atoms with Gasteiger partial charge >= 0.3 is 6.03 Å². The van der Waals surface area contributed by atoms with Crippen molar-refractivity contribution in [2.45, 2.75) is 31.3 Å². The molecule has 7 heteroatoms. The van der Waals surface area contributed by atoms with Crippen LogP contribution in [0.15, 0.2) is 0 Å². The van der Waals surface area contributed by atoms with Gasteiger partial charge in [-0.25, -0.2) is 4.79 Å². The van der Waals surface area contributed by atoms with E-state index in [9.17, 15) is 14.4 Å². The number of urea groups is 1. The van der Waals surface area contributed by atoms with Gasteiger partial charge in [-0.05, 0) is 19.8 Å². The monoisotopic (exact) mass is 240 g/mol. The molecule has 2 saturated heterocycles. The number of amides is 4. The molecule has 2 rings (SSSR count). The van der Waals surface area contributed by atoms with Crippen LogP contribution in [-0.2, 0) is 9.59 Å². The molecule has 2 fully saturated rings. The molecule has 17 heavy (non-hydrogen) atoms. The first-order valence-corrected chi connectivity index (χ1v) is 5.62. The Hall–Kier alpha value is -1.63. The summed E-state index contributed by atoms with van der Waals surface area (Å²) in [6, 6.07) is -1.09. The van der Waals surface area contributed by atoms with Crippen molar-refractivity contribution in [2.24, 2.45) is 5.73 Å². The number of carbonyl (C=O) groups is 3. The minimum absolute atomic E-state index is 0.196. The van der Waals surface area contributed by atoms with E-state index in [2.05, 4.69) is 10.6 Å². The van der Waals surface area contributed by atoms with E-state index in [-0.39, 0.29) is 18.4 Å². The SMILES string of the molecule is C[C@H](N)C(=O)N1CCCC2(C1)NC(=O)NC2=O. The first-order chi connectivity index (χ1) is 7.94. The Labute approximate surface area is 98.7 Å². The lowest BCUT2D eigenvalue weighted by Gasteiger charge is -2.38. The van der Waals surface area contributed by atoms with E-state index in [1.54, 1.807) is 11.8 Å². The number of nitrogens with zero attached hydrogens (tertiary/aromatic N) is 1. The van der Waals surface area contributed by atoms with Crippen molar-refractivity contribution in [1.29, 1.82) is 0 Å². The van der Waals surface area contributed by atoms with Gasteiger partial charge in [0.1, 0.15) is 5.54 Å². The Morgan fingerprint density at radius 2 is 2.24 bits per heavy atom. The number of imide groups is 1. The van der Waals surface area contributed by atoms with E-state index in [0.717, 1.165) is 0 Å². The Kier molecular flexibility index (Phi) is 2.78. The molecule has 0 aromatic heterocycles. The quantitative estimate of drug-likeness (QED) is 0.487. The number of nitrogens with two attached hydrogens (primary N) is 1. The number of likely N-dealkylation sites (tertiary alicyclic amines) is 1. The molecule has 1 spiro atoms. The maximum Gasteiger partial charge on any atom is 0.322 e. The molecule has 2 aliphatic rings. The van der Waals surface area contributed by atoms with Crippen molar-refractivity contribution >= 4 is 17.8 Å². The summed E-state index contributed by atoms with van der Waals surface area (Å²) in [7, 11) is 0. The van der Waals surface area contributed by atoms with Crippen LogP contribution in [0.25, 0.3) is 0 Å². The van der Waals surface area contributed by atoms with Crippen molar-refractivity contribution in [3.05, 3.63) is 0 Å². The van der Waals surface area contributed by atoms with E-state index in [4.69, 9.17) is 5.73 Å². The van der Waals surface area contributed by atoms with Gasteiger partial charge in [0.25, 0.3) is 5.91 Å². The van der Waals surface area contributed by atoms with E-state index < -0.39 is 17.6 Å². The lowest BCUT2D eigenvalue weighted by atomic mass is 9.89. The normalized spacial score (nSPS) is 30.1. The van der Waals surface area contributed by atoms with Crippen LogP contribution in [0, 0.1) is 0 Å². The second kappa shape index (κ2) is 3.99. The molecule has 2 aliphatic heterocycles. The van der Waals surface area contributed by atoms with Crippen molar-refractivity contribution in [2.75, 3.05) is 13.1 Å². The van der Waals surface area contributed by atoms with Crippen LogP contribution in [0.1, 0.15) is 19.8 Å². The molecule has 2 atom stereocenters. The molecule has 94 valence electrons. The zero-order valence-corrected chi connectivity index (χ0v) is 9.66. The van der Waals surface area contributed by atoms with E-state index in [0.29, 0.717) is 19.4 Å². The van der Waals surface area contributed by atoms with Gasteiger partial charge in [0.2, 0.25) is 5.91 Å². The number of carbonyl (C=O) groups excluding carboxylic acids is 3. The Morgan fingerprint density at radius 1 is 1.53 bits per heavy atom. The van der Waals surface area contributed by atoms with Crippen molar-refractivity contribution < 1.29 is 14.4 Å². The smallest absolute Gasteiger partial charge is 0.322 e. The average molecular weight is 240 g/mol. The molecule has 1 unspecified atom stereocenters. The number of hydrogen-bond donors (Lipinski definition) is 3. The third-order valence-corrected chi connectivity index (χ3v) is 3.21. The Balaban J connectivity index is 2.14. The van der Waals surface area contributed by atoms with E-state index in [1.807, 2.05) is 0 Å². The molecule has 0 bridgehead atoms. The minimum atomic E-state index is -0.958. The molecule has 0 aliphatic carbocycles. The van der Waals surface area contributed by atoms with Gasteiger partial charge in [-0.1, -0.05) is 0 Å². The molecule has 0 saturated carbocycles. The Morgan fingerprint density at radius 3 is 2.76 bits per heavy atom. The topological polar surface area (TPSA) is 105 Å². The fourth-order valence-corrected chi connectivity index (χ4v) is 2.35. The third-order valence-electron chi connectivity index (χ3n) is 3.21. The van der Waals surface area contributed by atoms with Crippen LogP contribution < -0.4 is 16.4 Å². The van der Waals surface area contributed by atoms with E-state index >= 15 is 0 Å². The summed E-state index contributed by atoms with van der Waals surface area (Å²) in [5.41, 5.74) is 4.58. The molecule has 7 nitrogen and oxygen atoms in total. The standard InChI is InChI=1S/C10H16N4O3/c1-6(11)7(15)14-4-2-3-10(5-14)8(16)12-9(17)13-10/h6H,2-5,11H2,1H3,(H2,12,13,16,17)/t6-,10?/m0/s1. The van der Waals surface area contributed by atoms with Crippen molar-refractivity contribution in [1.82, 2.24) is 15.5 Å². The van der Waals surface area contributed by atoms with Gasteiger partial charge in [0.05, 0.1) is 12.6 Å². The predicted molar refractivity (Wildman–Crippen MR) is 58.9 cm³/mol. The van der Waals surface area contributed by atoms with Crippen LogP contribution in [0.2, 0.25) is 0 Å². The molecular formula is C10H16N4O3. The summed E-state index contributed by atoms with van der Waals surface area (Å²) < 4.78 is 0. The molecule has 4 amide bonds. The number of piperidine rings is 1. The summed E-state index contributed by atoms with van der Waals surface area (Å²) >= 11 is 0. The van der Waals surface area contributed by atoms with Crippen LogP contribution in [0.3, 0.4) is 0 Å². The highest BCUT2D eigenvalue weighted by Gasteiger charge is 2.49. The second-order valence-corrected chi connectivity index (χ2v) is 4.64. The molecule has 0 radical (unpaired) electrons. The number of rotatable bonds is 1. The predicted octanol–water partition coefficient (Wildman–Crippen LogP) is -1.47. The summed E-state index contributed by atoms with van der Waals surface area (Å²) in [5, 5.41) is 4.82. The largest absolute Gasteiger partial charge is 0.338 e. The maximum absolute atomic E-state index is 11.8. The van der Waals surface area contributed by atoms with Gasteiger partial charge in [-0.2, -0.15) is 0 Å². The fourth-order valence-electron chi connectivity index (χ4n) is 2.35. The summed E-state index contributed by atoms with van der Waals surface area (Å²) in [5.74, 6) is -0.553. The molecule has 2 heterocycles. The zero-order chi connectivity index (χ0) is 12.6. The van der Waals surface area contributed by atoms with Gasteiger partial charge in [0.15, 0.2) is 0 Å². The van der Waals surface area contributed by atoms with Crippen molar-refractivity contribution in [3.63, 3.8) is 0 Å². The zero-order valence-electron chi connectivity index (χ0n) is 9.66. The minimum Gasteiger partial charge on any atom is -0.338 e. The molecular weight excluding hydrogens is 224 g/mol. The maximum atomic E-state index is 11.8. The van der Waals surface area contributed by atoms with Crippen LogP contribution in [0.5, 0.6) is 0 Å². The van der Waals surface area contributed by atoms with Crippen LogP contribution in [-0.4, -0.2) is 47.4 Å². The average Bonchev–Trinajstić information content (AvgIpc) is 2.52. The van der Waals surface area contributed by atoms with Gasteiger partial charge in [-0.15, -0.1) is 0 Å². The fraction of sp³-hybridized carbons (Fsp3) is 0.700. The van der Waals surface area contributed by atoms with Gasteiger partial charge in [0, 0.05) is 6.54 Å². The van der Waals surface area contributed by atoms with Gasteiger partial charge < -0.3 is 16.0 Å². The van der Waals surface area contributed by atoms with E-state index in [1.165, 1.54) is 0 Å². The number of nitrogens with one attached hydrogen (secondary N) is 2. The summed E-state index contributed by atoms with van der Waals surface area (Å²) in [6.07, 6.45) is 1.22. The third kappa shape index (κ3) is 1.97. The Bertz CT molecular complexity index is 382.